The molecule has 0 saturated heterocycles. The van der Waals surface area contributed by atoms with Crippen LogP contribution in [0.5, 0.6) is 0 Å². The van der Waals surface area contributed by atoms with E-state index in [0.717, 1.165) is 42.1 Å². The number of rotatable bonds is 5. The predicted octanol–water partition coefficient (Wildman–Crippen LogP) is 4.27. The lowest BCUT2D eigenvalue weighted by molar-refractivity contribution is 0.402. The molecule has 0 fully saturated rings. The molecule has 7 nitrogen and oxygen atoms in total. The summed E-state index contributed by atoms with van der Waals surface area (Å²) in [5.74, 6) is 0. The highest BCUT2D eigenvalue weighted by Crippen LogP contribution is 2.39. The van der Waals surface area contributed by atoms with Crippen molar-refractivity contribution >= 4 is 5.69 Å². The normalized spacial score (nSPS) is 15.3. The number of nitrogens with zero attached hydrogens (tertiary/aromatic N) is 6. The topological polar surface area (TPSA) is 63.8 Å². The Balaban J connectivity index is 1.57. The molecule has 7 heteroatoms. The second kappa shape index (κ2) is 8.24. The minimum absolute atomic E-state index is 0.164. The third kappa shape index (κ3) is 3.91. The average molecular weight is 428 g/mol. The van der Waals surface area contributed by atoms with Crippen molar-refractivity contribution in [3.8, 4) is 22.4 Å². The molecule has 2 aromatic carbocycles. The van der Waals surface area contributed by atoms with E-state index in [4.69, 9.17) is 0 Å². The van der Waals surface area contributed by atoms with Crippen LogP contribution in [-0.4, -0.2) is 43.8 Å². The number of aryl methyl sites for hydroxylation is 3. The molecular weight excluding hydrogens is 398 g/mol. The van der Waals surface area contributed by atoms with Crippen molar-refractivity contribution in [3.63, 3.8) is 0 Å². The molecule has 0 aliphatic carbocycles. The van der Waals surface area contributed by atoms with E-state index in [1.54, 1.807) is 0 Å². The monoisotopic (exact) mass is 427 g/mol. The van der Waals surface area contributed by atoms with Gasteiger partial charge in [0.1, 0.15) is 0 Å². The first-order valence-electron chi connectivity index (χ1n) is 11.0. The second-order valence-corrected chi connectivity index (χ2v) is 8.88. The van der Waals surface area contributed by atoms with Crippen molar-refractivity contribution in [2.24, 2.45) is 7.05 Å². The fraction of sp³-hybridized carbons (Fsp3) is 0.320. The largest absolute Gasteiger partial charge is 0.378 e. The highest BCUT2D eigenvalue weighted by Gasteiger charge is 2.26. The van der Waals surface area contributed by atoms with Gasteiger partial charge in [0.15, 0.2) is 0 Å². The fourth-order valence-electron chi connectivity index (χ4n) is 4.59. The minimum atomic E-state index is 0.164. The Morgan fingerprint density at radius 2 is 2.00 bits per heavy atom. The quantitative estimate of drug-likeness (QED) is 0.515. The second-order valence-electron chi connectivity index (χ2n) is 8.88. The molecule has 2 aromatic heterocycles. The smallest absolute Gasteiger partial charge is 0.0918 e. The molecule has 1 N–H and O–H groups in total. The van der Waals surface area contributed by atoms with Gasteiger partial charge in [-0.1, -0.05) is 29.5 Å². The molecule has 32 heavy (non-hydrogen) atoms. The summed E-state index contributed by atoms with van der Waals surface area (Å²) in [5.41, 5.74) is 9.27. The summed E-state index contributed by atoms with van der Waals surface area (Å²) in [6, 6.07) is 15.6. The molecule has 3 heterocycles. The molecule has 164 valence electrons. The molecule has 1 aliphatic rings. The zero-order valence-corrected chi connectivity index (χ0v) is 19.1. The predicted molar refractivity (Wildman–Crippen MR) is 127 cm³/mol. The Morgan fingerprint density at radius 1 is 1.12 bits per heavy atom. The van der Waals surface area contributed by atoms with Gasteiger partial charge in [0.2, 0.25) is 0 Å². The summed E-state index contributed by atoms with van der Waals surface area (Å²) < 4.78 is 3.89. The highest BCUT2D eigenvalue weighted by molar-refractivity contribution is 5.74. The van der Waals surface area contributed by atoms with Crippen LogP contribution in [0.15, 0.2) is 54.9 Å². The first kappa shape index (κ1) is 20.5. The van der Waals surface area contributed by atoms with Crippen molar-refractivity contribution in [1.29, 1.82) is 0 Å². The summed E-state index contributed by atoms with van der Waals surface area (Å²) in [5, 5.41) is 16.9. The number of hydrogen-bond donors (Lipinski definition) is 1. The van der Waals surface area contributed by atoms with E-state index in [-0.39, 0.29) is 6.04 Å². The van der Waals surface area contributed by atoms with Crippen molar-refractivity contribution < 1.29 is 0 Å². The van der Waals surface area contributed by atoms with Crippen LogP contribution < -0.4 is 5.32 Å². The van der Waals surface area contributed by atoms with Gasteiger partial charge in [0.25, 0.3) is 0 Å². The number of fused-ring (bicyclic) bond motifs is 3. The van der Waals surface area contributed by atoms with Gasteiger partial charge in [-0.05, 0) is 62.3 Å². The van der Waals surface area contributed by atoms with E-state index in [9.17, 15) is 0 Å². The third-order valence-corrected chi connectivity index (χ3v) is 6.02. The Labute approximate surface area is 188 Å². The third-order valence-electron chi connectivity index (χ3n) is 6.02. The standard InChI is InChI=1S/C25H29N7/c1-17-25-22-9-8-19(20-14-26-31(4)16-20)13-23(22)24(10-11-32(25)29-28-17)27-21-7-5-6-18(12-21)15-30(2)3/h5-9,12-14,16,24,27H,10-11,15H2,1-4H3. The maximum absolute atomic E-state index is 4.41. The minimum Gasteiger partial charge on any atom is -0.378 e. The Bertz CT molecular complexity index is 1250. The van der Waals surface area contributed by atoms with Crippen molar-refractivity contribution in [2.75, 3.05) is 19.4 Å². The lowest BCUT2D eigenvalue weighted by Gasteiger charge is -2.22. The summed E-state index contributed by atoms with van der Waals surface area (Å²) in [6.45, 7) is 3.78. The Morgan fingerprint density at radius 3 is 2.78 bits per heavy atom. The van der Waals surface area contributed by atoms with Gasteiger partial charge in [0, 0.05) is 43.1 Å². The summed E-state index contributed by atoms with van der Waals surface area (Å²) >= 11 is 0. The van der Waals surface area contributed by atoms with Crippen LogP contribution >= 0.6 is 0 Å². The van der Waals surface area contributed by atoms with E-state index < -0.39 is 0 Å². The molecule has 5 rings (SSSR count). The molecule has 0 spiro atoms. The molecule has 1 atom stereocenters. The lowest BCUT2D eigenvalue weighted by Crippen LogP contribution is -2.14. The van der Waals surface area contributed by atoms with Crippen molar-refractivity contribution in [3.05, 3.63) is 71.7 Å². The van der Waals surface area contributed by atoms with Crippen LogP contribution in [0, 0.1) is 6.92 Å². The summed E-state index contributed by atoms with van der Waals surface area (Å²) in [4.78, 5) is 2.19. The number of nitrogens with one attached hydrogen (secondary N) is 1. The van der Waals surface area contributed by atoms with Crippen LogP contribution in [0.1, 0.15) is 29.3 Å². The zero-order chi connectivity index (χ0) is 22.2. The van der Waals surface area contributed by atoms with E-state index in [0.29, 0.717) is 0 Å². The maximum Gasteiger partial charge on any atom is 0.0918 e. The van der Waals surface area contributed by atoms with Gasteiger partial charge in [-0.25, -0.2) is 4.68 Å². The zero-order valence-electron chi connectivity index (χ0n) is 19.1. The van der Waals surface area contributed by atoms with Gasteiger partial charge in [-0.2, -0.15) is 5.10 Å². The summed E-state index contributed by atoms with van der Waals surface area (Å²) in [6.07, 6.45) is 4.91. The summed E-state index contributed by atoms with van der Waals surface area (Å²) in [7, 11) is 6.14. The first-order chi connectivity index (χ1) is 15.5. The number of benzene rings is 2. The number of aromatic nitrogens is 5. The van der Waals surface area contributed by atoms with Gasteiger partial charge in [-0.15, -0.1) is 5.10 Å². The number of anilines is 1. The molecule has 0 amide bonds. The molecule has 0 radical (unpaired) electrons. The molecule has 1 aliphatic heterocycles. The van der Waals surface area contributed by atoms with E-state index in [1.807, 2.05) is 29.5 Å². The van der Waals surface area contributed by atoms with Gasteiger partial charge in [-0.3, -0.25) is 4.68 Å². The van der Waals surface area contributed by atoms with Crippen LogP contribution in [0.2, 0.25) is 0 Å². The van der Waals surface area contributed by atoms with Crippen LogP contribution in [0.25, 0.3) is 22.4 Å². The molecule has 4 aromatic rings. The van der Waals surface area contributed by atoms with E-state index >= 15 is 0 Å². The fourth-order valence-corrected chi connectivity index (χ4v) is 4.59. The molecule has 0 saturated carbocycles. The van der Waals surface area contributed by atoms with Crippen molar-refractivity contribution in [1.82, 2.24) is 29.7 Å². The maximum atomic E-state index is 4.41. The average Bonchev–Trinajstić information content (AvgIpc) is 3.32. The first-order valence-corrected chi connectivity index (χ1v) is 11.0. The van der Waals surface area contributed by atoms with Crippen LogP contribution in [-0.2, 0) is 20.1 Å². The lowest BCUT2D eigenvalue weighted by atomic mass is 9.93. The molecule has 0 bridgehead atoms. The van der Waals surface area contributed by atoms with Gasteiger partial charge in [0.05, 0.1) is 23.6 Å². The van der Waals surface area contributed by atoms with Gasteiger partial charge >= 0.3 is 0 Å². The Kier molecular flexibility index (Phi) is 5.27. The molecule has 1 unspecified atom stereocenters. The SMILES string of the molecule is Cc1nnn2c1-c1ccc(-c3cnn(C)c3)cc1C(Nc1cccc(CN(C)C)c1)CC2. The van der Waals surface area contributed by atoms with Gasteiger partial charge < -0.3 is 10.2 Å². The Hall–Kier alpha value is -3.45. The van der Waals surface area contributed by atoms with Crippen molar-refractivity contribution in [2.45, 2.75) is 32.5 Å². The van der Waals surface area contributed by atoms with Crippen LogP contribution in [0.4, 0.5) is 5.69 Å². The van der Waals surface area contributed by atoms with Crippen LogP contribution in [0.3, 0.4) is 0 Å². The molecular formula is C25H29N7. The highest BCUT2D eigenvalue weighted by atomic mass is 15.4. The number of hydrogen-bond acceptors (Lipinski definition) is 5. The van der Waals surface area contributed by atoms with E-state index in [2.05, 4.69) is 88.4 Å². The van der Waals surface area contributed by atoms with E-state index in [1.165, 1.54) is 22.3 Å².